The van der Waals surface area contributed by atoms with E-state index in [0.717, 1.165) is 34.0 Å². The number of likely N-dealkylation sites (N-methyl/N-ethyl adjacent to an activating group) is 4. The number of pyridine rings is 2. The Bertz CT molecular complexity index is 4060. The van der Waals surface area contributed by atoms with Crippen LogP contribution in [0.25, 0.3) is 21.0 Å². The molecule has 0 radical (unpaired) electrons. The highest BCUT2D eigenvalue weighted by Crippen LogP contribution is 2.33. The highest BCUT2D eigenvalue weighted by molar-refractivity contribution is 7.18. The van der Waals surface area contributed by atoms with E-state index < -0.39 is 167 Å². The molecule has 1 aliphatic rings. The average Bonchev–Trinajstić information content (AvgIpc) is 1.03. The Balaban J connectivity index is 0.00000122. The second kappa shape index (κ2) is 53.4. The summed E-state index contributed by atoms with van der Waals surface area (Å²) < 4.78 is 6.30. The zero-order chi connectivity index (χ0) is 91.4. The Morgan fingerprint density at radius 1 is 0.582 bits per heavy atom. The topological polar surface area (TPSA) is 362 Å². The molecule has 5 N–H and O–H groups in total. The van der Waals surface area contributed by atoms with Gasteiger partial charge in [-0.05, 0) is 151 Å². The number of ketones is 5. The van der Waals surface area contributed by atoms with Crippen molar-refractivity contribution in [2.24, 2.45) is 75.4 Å². The van der Waals surface area contributed by atoms with Crippen molar-refractivity contribution in [3.05, 3.63) is 83.3 Å². The first-order chi connectivity index (χ1) is 57.5. The van der Waals surface area contributed by atoms with Gasteiger partial charge in [0.15, 0.2) is 40.7 Å². The summed E-state index contributed by atoms with van der Waals surface area (Å²) in [5.41, 5.74) is 9.35. The first-order valence-electron chi connectivity index (χ1n) is 43.7. The number of aliphatic hydroxyl groups is 1. The number of carbonyl (C=O) groups excluding carboxylic acids is 11. The number of amides is 6. The molecule has 29 heteroatoms. The molecule has 13 atom stereocenters. The molecule has 0 saturated carbocycles. The van der Waals surface area contributed by atoms with Gasteiger partial charge in [-0.1, -0.05) is 156 Å². The molecule has 122 heavy (non-hydrogen) atoms. The van der Waals surface area contributed by atoms with Crippen molar-refractivity contribution < 1.29 is 72.3 Å². The number of anilines is 1. The third-order valence-corrected chi connectivity index (χ3v) is 24.1. The molecule has 27 nitrogen and oxygen atoms in total. The van der Waals surface area contributed by atoms with Gasteiger partial charge in [-0.3, -0.25) is 62.7 Å². The lowest BCUT2D eigenvalue weighted by molar-refractivity contribution is -0.148. The van der Waals surface area contributed by atoms with Crippen molar-refractivity contribution in [2.75, 3.05) is 40.5 Å². The number of nitrogens with one attached hydrogen (secondary N) is 2. The van der Waals surface area contributed by atoms with E-state index in [4.69, 9.17) is 20.1 Å². The van der Waals surface area contributed by atoms with Crippen LogP contribution in [0.15, 0.2) is 77.5 Å². The smallest absolute Gasteiger partial charge is 0.245 e. The van der Waals surface area contributed by atoms with Crippen molar-refractivity contribution in [3.8, 4) is 21.0 Å². The van der Waals surface area contributed by atoms with E-state index in [2.05, 4.69) is 68.8 Å². The Morgan fingerprint density at radius 3 is 1.73 bits per heavy atom. The van der Waals surface area contributed by atoms with Gasteiger partial charge in [-0.15, -0.1) is 11.3 Å². The number of unbranched alkanes of at least 4 members (excludes halogenated alkanes) is 2. The number of Topliss-reactive ketones (excluding diaryl/α,β-unsaturated/α-hetero) is 5. The SMILES string of the molecule is C/C=C/C[C@@H](C)[C@@H](O)[C@@H]1CC(=O)[C@H](C(C)C)N(C)C(=O)[C@H](CC(C)C)CC(=O)[C@H](CC(C)C)N(C)C(=O)[C@@H](C)NC(=O)[C@H](C)CC(=O)[C@H](CC(C)C)N(C)C(=O)[C@H](C(C)C)CC(=O)[C@H]([C@@H](C)OCCC/C=N/OCc2ccc(-c3cnc(N)s3)cn2)N(C)C(=O)CCC(=O)[C@H](CC)NC1=O.Cc1ccc(-c2ccc(CO/N=C/CCCC(C)C)cn2)s1. The molecule has 6 amide bonds. The van der Waals surface area contributed by atoms with Gasteiger partial charge in [0.1, 0.15) is 18.7 Å². The number of ether oxygens (including phenoxy) is 1. The van der Waals surface area contributed by atoms with Crippen LogP contribution in [0.3, 0.4) is 0 Å². The fraction of sp³-hybridized carbons (Fsp3) is 0.656. The van der Waals surface area contributed by atoms with E-state index in [9.17, 15) is 53.1 Å². The lowest BCUT2D eigenvalue weighted by atomic mass is 9.82. The van der Waals surface area contributed by atoms with Gasteiger partial charge in [0.25, 0.3) is 0 Å². The Kier molecular flexibility index (Phi) is 46.2. The number of aromatic nitrogens is 3. The number of oxime groups is 2. The molecule has 5 rings (SSSR count). The second-order valence-corrected chi connectivity index (χ2v) is 37.7. The molecule has 0 aliphatic carbocycles. The van der Waals surface area contributed by atoms with Crippen molar-refractivity contribution >= 4 is 105 Å². The lowest BCUT2D eigenvalue weighted by Crippen LogP contribution is -2.53. The van der Waals surface area contributed by atoms with Crippen molar-refractivity contribution in [2.45, 2.75) is 296 Å². The van der Waals surface area contributed by atoms with Gasteiger partial charge >= 0.3 is 0 Å². The van der Waals surface area contributed by atoms with Gasteiger partial charge in [0.2, 0.25) is 35.4 Å². The number of aryl methyl sites for hydroxylation is 1. The summed E-state index contributed by atoms with van der Waals surface area (Å²) in [5.74, 6) is -11.5. The Hall–Kier alpha value is -8.80. The Morgan fingerprint density at radius 2 is 1.19 bits per heavy atom. The van der Waals surface area contributed by atoms with E-state index in [1.54, 1.807) is 91.4 Å². The van der Waals surface area contributed by atoms with Gasteiger partial charge in [-0.2, -0.15) is 0 Å². The molecule has 0 spiro atoms. The maximum absolute atomic E-state index is 15.1. The molecular weight excluding hydrogens is 1590 g/mol. The van der Waals surface area contributed by atoms with Crippen LogP contribution in [0.2, 0.25) is 0 Å². The number of rotatable bonds is 31. The summed E-state index contributed by atoms with van der Waals surface area (Å²) in [4.78, 5) is 194. The maximum Gasteiger partial charge on any atom is 0.245 e. The first kappa shape index (κ1) is 106. The maximum atomic E-state index is 15.1. The molecule has 1 aliphatic heterocycles. The van der Waals surface area contributed by atoms with Crippen molar-refractivity contribution in [3.63, 3.8) is 0 Å². The number of thiophene rings is 1. The summed E-state index contributed by atoms with van der Waals surface area (Å²) in [5, 5.41) is 26.1. The summed E-state index contributed by atoms with van der Waals surface area (Å²) in [7, 11) is 5.88. The van der Waals surface area contributed by atoms with Crippen LogP contribution >= 0.6 is 22.7 Å². The summed E-state index contributed by atoms with van der Waals surface area (Å²) in [6, 6.07) is 5.20. The average molecular weight is 1730 g/mol. The van der Waals surface area contributed by atoms with Gasteiger partial charge < -0.3 is 55.5 Å². The van der Waals surface area contributed by atoms with E-state index in [1.165, 1.54) is 88.6 Å². The minimum absolute atomic E-state index is 0.0674. The molecule has 1 saturated heterocycles. The molecule has 5 heterocycles. The van der Waals surface area contributed by atoms with Crippen LogP contribution in [0.5, 0.6) is 0 Å². The highest BCUT2D eigenvalue weighted by Gasteiger charge is 2.44. The van der Waals surface area contributed by atoms with Gasteiger partial charge in [-0.25, -0.2) is 4.98 Å². The number of hydrogen-bond donors (Lipinski definition) is 4. The van der Waals surface area contributed by atoms with Crippen LogP contribution in [-0.2, 0) is 80.4 Å². The second-order valence-electron chi connectivity index (χ2n) is 35.3. The normalized spacial score (nSPS) is 22.6. The van der Waals surface area contributed by atoms with Crippen LogP contribution in [0.4, 0.5) is 5.13 Å². The minimum atomic E-state index is -1.41. The third kappa shape index (κ3) is 34.7. The van der Waals surface area contributed by atoms with E-state index in [0.29, 0.717) is 36.7 Å². The van der Waals surface area contributed by atoms with Gasteiger partial charge in [0.05, 0.1) is 63.4 Å². The number of carbonyl (C=O) groups is 11. The standard InChI is InChI=1S/C75H120N10O14S.C18H24N2OS/c1-21-23-26-48(13)69(92)56-39-63(89)67(47(11)12)85(20)73(96)53(33-43(3)4)37-62(88)59(35-45(7)8)82(17)72(95)50(15)80-70(93)49(14)36-61(87)58(34-44(5)6)83(18)74(97)55(46(9)10)38-64(90)68(84(19)66(91)30-29-60(86)57(22-2)81-71(56)94)51(16)98-32-25-24-31-79-99-42-54-28-27-52(40-77-54)65-41-78-75(76)100-65;1-14(2)6-4-5-11-20-21-13-16-8-9-17(19-12-16)18-10-7-15(3)22-18/h21,23,27-28,31,40-41,43-51,53,55-59,67-69,92H,22,24-26,29-30,32-39,42H2,1-20H3,(H2,76,78)(H,80,93)(H,81,94);7-12,14H,4-6,13H2,1-3H3/b23-21+,79-31+;20-11+/t48-,49-,50-,51-,53-,55+,56+,57+,58+,59+,67+,68+,69-;/m1./s1. The number of nitrogen functional groups attached to an aromatic ring is 1. The number of nitrogens with zero attached hydrogens (tertiary/aromatic N) is 9. The fourth-order valence-electron chi connectivity index (χ4n) is 15.0. The molecule has 0 unspecified atom stereocenters. The molecule has 1 fully saturated rings. The van der Waals surface area contributed by atoms with Crippen LogP contribution in [0.1, 0.15) is 243 Å². The molecule has 678 valence electrons. The first-order valence-corrected chi connectivity index (χ1v) is 45.3. The highest BCUT2D eigenvalue weighted by atomic mass is 32.1. The molecule has 4 aromatic rings. The molecule has 4 aromatic heterocycles. The van der Waals surface area contributed by atoms with Crippen LogP contribution in [-0.4, -0.2) is 200 Å². The summed E-state index contributed by atoms with van der Waals surface area (Å²) in [6.07, 6.45) is 12.9. The van der Waals surface area contributed by atoms with Crippen molar-refractivity contribution in [1.29, 1.82) is 0 Å². The zero-order valence-electron chi connectivity index (χ0n) is 77.0. The number of thiazole rings is 1. The minimum Gasteiger partial charge on any atom is -0.392 e. The number of hydrogen-bond acceptors (Lipinski definition) is 23. The largest absolute Gasteiger partial charge is 0.392 e. The summed E-state index contributed by atoms with van der Waals surface area (Å²) >= 11 is 3.11. The van der Waals surface area contributed by atoms with Crippen LogP contribution < -0.4 is 16.4 Å². The zero-order valence-corrected chi connectivity index (χ0v) is 78.6. The third-order valence-electron chi connectivity index (χ3n) is 22.2. The van der Waals surface area contributed by atoms with E-state index >= 15 is 4.79 Å². The van der Waals surface area contributed by atoms with E-state index in [1.807, 2.05) is 91.2 Å². The van der Waals surface area contributed by atoms with Crippen LogP contribution in [0, 0.1) is 72.0 Å². The predicted molar refractivity (Wildman–Crippen MR) is 483 cm³/mol. The quantitative estimate of drug-likeness (QED) is 0.0157. The lowest BCUT2D eigenvalue weighted by Gasteiger charge is -2.36. The monoisotopic (exact) mass is 1730 g/mol. The number of aliphatic hydroxyl groups excluding tert-OH is 1. The molecular formula is C93H144N12O15S2. The van der Waals surface area contributed by atoms with Crippen molar-refractivity contribution in [1.82, 2.24) is 45.2 Å². The predicted octanol–water partition coefficient (Wildman–Crippen LogP) is 14.7. The number of allylic oxidation sites excluding steroid dienone is 2. The van der Waals surface area contributed by atoms with E-state index in [-0.39, 0.29) is 82.3 Å². The Labute approximate surface area is 734 Å². The summed E-state index contributed by atoms with van der Waals surface area (Å²) in [6.45, 7) is 35.6. The molecule has 0 aromatic carbocycles. The fourth-order valence-corrected chi connectivity index (χ4v) is 16.6. The number of nitrogens with two attached hydrogens (primary N) is 1. The molecule has 0 bridgehead atoms. The van der Waals surface area contributed by atoms with Gasteiger partial charge in [0, 0.05) is 138 Å².